The lowest BCUT2D eigenvalue weighted by Crippen LogP contribution is -2.62. The van der Waals surface area contributed by atoms with E-state index >= 15 is 52.3 Å². The van der Waals surface area contributed by atoms with Crippen LogP contribution in [-0.2, 0) is 123 Å². The number of halogens is 2. The second-order valence-corrected chi connectivity index (χ2v) is 39.5. The number of phenols is 1. The molecule has 2 fully saturated rings. The van der Waals surface area contributed by atoms with Crippen LogP contribution < -0.4 is 81.1 Å². The van der Waals surface area contributed by atoms with E-state index in [1.54, 1.807) is 82.4 Å². The second-order valence-electron chi connectivity index (χ2n) is 38.1. The molecular formula is C98H134BClFN21O22S. The molecular weight excluding hydrogens is 1920 g/mol. The number of nitrogens with two attached hydrogens (primary N) is 3. The van der Waals surface area contributed by atoms with Gasteiger partial charge in [-0.05, 0) is 117 Å². The quantitative estimate of drug-likeness (QED) is 0.0366. The van der Waals surface area contributed by atoms with Crippen LogP contribution in [0.5, 0.6) is 5.75 Å². The minimum atomic E-state index is -2.31. The normalized spacial score (nSPS) is 24.8. The zero-order valence-electron chi connectivity index (χ0n) is 83.0. The molecule has 0 unspecified atom stereocenters. The number of primary amides is 2. The molecule has 0 aliphatic carbocycles. The number of aromatic amines is 1. The second kappa shape index (κ2) is 53.0. The minimum Gasteiger partial charge on any atom is -0.508 e. The number of para-hydroxylation sites is 2. The molecule has 4 aliphatic rings. The Morgan fingerprint density at radius 3 is 1.90 bits per heavy atom. The first-order valence-electron chi connectivity index (χ1n) is 48.8. The lowest BCUT2D eigenvalue weighted by molar-refractivity contribution is -0.149. The Morgan fingerprint density at radius 2 is 1.23 bits per heavy atom. The van der Waals surface area contributed by atoms with Gasteiger partial charge in [0.05, 0.1) is 29.8 Å². The summed E-state index contributed by atoms with van der Waals surface area (Å²) in [6, 6.07) is -1.39. The number of H-pyrrole nitrogens is 1. The average Bonchev–Trinajstić information content (AvgIpc) is 1.65. The Morgan fingerprint density at radius 1 is 0.621 bits per heavy atom. The van der Waals surface area contributed by atoms with Gasteiger partial charge in [-0.3, -0.25) is 86.3 Å². The zero-order valence-corrected chi connectivity index (χ0v) is 84.6. The van der Waals surface area contributed by atoms with Gasteiger partial charge in [0.15, 0.2) is 0 Å². The standard InChI is InChI=1S/C98H134BClFN21O22S/c1-11-13-23-76-91(135)110-67(36-52(3)4)88(132)116-74(86(130)107-46-81(104)126)50-145-51-82(127)108-70(38-55-27-29-58(123)30-28-55)94(138)117(8)54(7)85(129)112-72(42-80(103)125)96(140)121-35-19-26-77(121)92(136)115-73-45-105-44-62-63(31-32-64(100)84(62)101)99(143)144-83(128)49-120-47-57(61-21-16-18-25-75(61)120)40-71(95(139)119(10)78(24-14-12-2)98(142)118(76)9)114-87(131)66(33-34-102)109-89(133)68(39-56-43-106-65-22-17-15-20-60(56)65)111-93(137)79-41-59(124)48-122(79)97(141)69(37-53(5)6)113-90(73)134/h15-18,20-22,25,27-32,43,47,52-54,59,66-74,76-79,105-106,123-124,143H,11-14,19,23-24,26,33-42,44-46,48-51,102H2,1-10H3,(H2,103,125)(H2,104,126)(H,107,130)(H,108,127)(H,109,133)(H,110,135)(H,111,137)(H,112,129)(H,113,134)(H,114,131)(H,115,136)(H,116,132)/t54-,59+,66-,67-,68-,69-,70-,71-,72-,73-,74-,76-,77-,78-,79-/m0/s1. The van der Waals surface area contributed by atoms with Crippen LogP contribution in [0.25, 0.3) is 21.8 Å². The van der Waals surface area contributed by atoms with E-state index in [1.165, 1.54) is 63.1 Å². The molecule has 2 aromatic heterocycles. The molecule has 10 rings (SSSR count). The molecule has 47 heteroatoms. The van der Waals surface area contributed by atoms with E-state index < -0.39 is 295 Å². The molecule has 0 radical (unpaired) electrons. The molecule has 0 spiro atoms. The van der Waals surface area contributed by atoms with Crippen LogP contribution >= 0.6 is 23.4 Å². The minimum absolute atomic E-state index is 0.0270. The van der Waals surface area contributed by atoms with E-state index in [2.05, 4.69) is 63.5 Å². The molecule has 2 saturated heterocycles. The summed E-state index contributed by atoms with van der Waals surface area (Å²) < 4.78 is 24.1. The smallest absolute Gasteiger partial charge is 0.508 e. The molecule has 6 heterocycles. The number of aromatic hydroxyl groups is 1. The van der Waals surface area contributed by atoms with E-state index in [4.69, 9.17) is 33.5 Å². The van der Waals surface area contributed by atoms with Gasteiger partial charge in [0.1, 0.15) is 103 Å². The van der Waals surface area contributed by atoms with Gasteiger partial charge in [0.25, 0.3) is 0 Å². The van der Waals surface area contributed by atoms with Gasteiger partial charge in [-0.25, -0.2) is 4.39 Å². The summed E-state index contributed by atoms with van der Waals surface area (Å²) in [6.45, 7) is 7.89. The first-order chi connectivity index (χ1) is 68.9. The molecule has 43 nitrogen and oxygen atoms in total. The number of benzene rings is 4. The highest BCUT2D eigenvalue weighted by Crippen LogP contribution is 2.30. The van der Waals surface area contributed by atoms with Crippen molar-refractivity contribution in [1.82, 2.24) is 92.5 Å². The fourth-order valence-corrected chi connectivity index (χ4v) is 19.4. The lowest BCUT2D eigenvalue weighted by Gasteiger charge is -2.36. The van der Waals surface area contributed by atoms with Gasteiger partial charge in [0, 0.05) is 124 Å². The van der Waals surface area contributed by atoms with Crippen molar-refractivity contribution in [2.45, 2.75) is 255 Å². The van der Waals surface area contributed by atoms with Gasteiger partial charge >= 0.3 is 13.1 Å². The molecule has 786 valence electrons. The lowest BCUT2D eigenvalue weighted by atomic mass is 9.76. The highest BCUT2D eigenvalue weighted by molar-refractivity contribution is 8.00. The number of amides is 17. The number of hydrogen-bond acceptors (Lipinski definition) is 25. The number of unbranched alkanes of at least 4 members (excludes halogenated alkanes) is 2. The number of rotatable bonds is 21. The predicted molar refractivity (Wildman–Crippen MR) is 535 cm³/mol. The zero-order chi connectivity index (χ0) is 106. The fourth-order valence-electron chi connectivity index (χ4n) is 18.4. The van der Waals surface area contributed by atoms with Crippen molar-refractivity contribution >= 4 is 164 Å². The van der Waals surface area contributed by atoms with Crippen LogP contribution in [0.1, 0.15) is 154 Å². The monoisotopic (exact) mass is 2050 g/mol. The van der Waals surface area contributed by atoms with Crippen LogP contribution in [0.2, 0.25) is 5.02 Å². The van der Waals surface area contributed by atoms with Gasteiger partial charge in [0.2, 0.25) is 100 Å². The highest BCUT2D eigenvalue weighted by atomic mass is 35.5. The molecule has 145 heavy (non-hydrogen) atoms. The first-order valence-corrected chi connectivity index (χ1v) is 50.3. The number of likely N-dealkylation sites (N-methyl/N-ethyl adjacent to an activating group) is 3. The molecule has 6 aromatic rings. The third kappa shape index (κ3) is 30.4. The van der Waals surface area contributed by atoms with E-state index in [-0.39, 0.29) is 94.5 Å². The number of nitrogens with zero attached hydrogens (tertiary/aromatic N) is 6. The Bertz CT molecular complexity index is 5720. The third-order valence-electron chi connectivity index (χ3n) is 26.2. The van der Waals surface area contributed by atoms with Crippen LogP contribution in [-0.4, -0.2) is 319 Å². The van der Waals surface area contributed by atoms with Crippen molar-refractivity contribution in [2.75, 3.05) is 65.4 Å². The summed E-state index contributed by atoms with van der Waals surface area (Å²) in [5.74, 6) is -20.9. The number of fused-ring (bicyclic) bond motifs is 11. The first kappa shape index (κ1) is 114. The summed E-state index contributed by atoms with van der Waals surface area (Å²) >= 11 is 7.25. The molecule has 17 amide bonds. The number of aliphatic hydroxyl groups excluding tert-OH is 1. The predicted octanol–water partition coefficient (Wildman–Crippen LogP) is -1.46. The largest absolute Gasteiger partial charge is 0.562 e. The summed E-state index contributed by atoms with van der Waals surface area (Å²) in [4.78, 5) is 278. The number of aromatic nitrogens is 2. The topological polar surface area (TPSA) is 624 Å². The Labute approximate surface area is 848 Å². The maximum Gasteiger partial charge on any atom is 0.562 e. The van der Waals surface area contributed by atoms with Crippen LogP contribution in [0.4, 0.5) is 4.39 Å². The maximum absolute atomic E-state index is 17.0. The third-order valence-corrected chi connectivity index (χ3v) is 27.6. The summed E-state index contributed by atoms with van der Waals surface area (Å²) in [5.41, 5.74) is 18.8. The maximum atomic E-state index is 17.0. The Kier molecular flexibility index (Phi) is 41.5. The van der Waals surface area contributed by atoms with Crippen LogP contribution in [0.3, 0.4) is 0 Å². The van der Waals surface area contributed by atoms with E-state index in [0.717, 1.165) is 48.4 Å². The van der Waals surface area contributed by atoms with E-state index in [0.29, 0.717) is 52.2 Å². The number of carbonyl (C=O) groups is 18. The van der Waals surface area contributed by atoms with Crippen molar-refractivity contribution in [3.8, 4) is 5.75 Å². The van der Waals surface area contributed by atoms with Gasteiger partial charge in [-0.15, -0.1) is 11.8 Å². The average molecular weight is 2060 g/mol. The number of carbonyl (C=O) groups excluding carboxylic acids is 18. The molecule has 4 aromatic carbocycles. The Balaban J connectivity index is 1.13. The van der Waals surface area contributed by atoms with Crippen molar-refractivity contribution in [1.29, 1.82) is 0 Å². The molecule has 21 N–H and O–H groups in total. The van der Waals surface area contributed by atoms with Crippen molar-refractivity contribution < 1.29 is 111 Å². The number of hydrogen-bond donors (Lipinski definition) is 18. The summed E-state index contributed by atoms with van der Waals surface area (Å²) in [5, 5.41) is 64.1. The molecule has 15 atom stereocenters. The van der Waals surface area contributed by atoms with Crippen molar-refractivity contribution in [3.05, 3.63) is 130 Å². The highest BCUT2D eigenvalue weighted by Gasteiger charge is 2.48. The number of nitrogens with one attached hydrogen (secondary N) is 12. The van der Waals surface area contributed by atoms with E-state index in [1.807, 2.05) is 13.8 Å². The molecule has 0 saturated carbocycles. The molecule has 4 aliphatic heterocycles. The molecule has 4 bridgehead atoms. The Hall–Kier alpha value is -13.3. The van der Waals surface area contributed by atoms with Crippen molar-refractivity contribution in [3.63, 3.8) is 0 Å². The fraction of sp³-hybridized carbons (Fsp3) is 0.531. The number of aliphatic hydroxyl groups is 1. The summed E-state index contributed by atoms with van der Waals surface area (Å²) in [7, 11) is 1.55. The summed E-state index contributed by atoms with van der Waals surface area (Å²) in [6.07, 6.45) is -0.0428. The SMILES string of the molecule is CCCC[C@H]1C(=O)N(C)[C@@H](CCCC)C(=O)N[C@@H](CC(C)C)C(=O)N[C@H](C(=O)NCC(N)=O)CSCC(=O)N[C@@H](Cc2ccc(O)cc2)C(=O)N(C)[C@@H](C)C(=O)N[C@@H](CC(N)=O)C(=O)N2CCC[C@H]2C(=O)N[C@H]2CNCc3c(ccc(Cl)c3F)B(O)OC(=O)Cn3cc(c4ccccc43)C[C@H](NC(=O)[C@H](CCN)NC(=O)[C@H](Cc3c[nH]c4ccccc34)NC(=O)[C@@H]3C[C@@H](O)CN3C(=O)[C@H](CC(C)C)NC2=O)C(=O)N1C. The van der Waals surface area contributed by atoms with Crippen molar-refractivity contribution in [2.24, 2.45) is 29.0 Å². The van der Waals surface area contributed by atoms with Crippen LogP contribution in [0.15, 0.2) is 97.3 Å². The van der Waals surface area contributed by atoms with Gasteiger partial charge in [-0.1, -0.05) is 133 Å². The number of phenolic OH excluding ortho intramolecular Hbond substituents is 1. The number of thioether (sulfide) groups is 1. The van der Waals surface area contributed by atoms with Gasteiger partial charge in [-0.2, -0.15) is 0 Å². The van der Waals surface area contributed by atoms with Crippen LogP contribution in [0, 0.1) is 17.7 Å². The van der Waals surface area contributed by atoms with E-state index in [9.17, 15) is 53.6 Å². The van der Waals surface area contributed by atoms with Gasteiger partial charge < -0.3 is 130 Å².